The maximum Gasteiger partial charge on any atom is 0.416 e. The van der Waals surface area contributed by atoms with E-state index in [1.807, 2.05) is 0 Å². The van der Waals surface area contributed by atoms with Crippen molar-refractivity contribution in [3.63, 3.8) is 0 Å². The average Bonchev–Trinajstić information content (AvgIpc) is 2.58. The van der Waals surface area contributed by atoms with Gasteiger partial charge in [-0.25, -0.2) is 4.39 Å². The van der Waals surface area contributed by atoms with E-state index in [0.717, 1.165) is 12.1 Å². The van der Waals surface area contributed by atoms with Gasteiger partial charge in [-0.1, -0.05) is 13.0 Å². The van der Waals surface area contributed by atoms with Crippen molar-refractivity contribution in [3.8, 4) is 0 Å². The fourth-order valence-corrected chi connectivity index (χ4v) is 2.06. The number of nitrogens with one attached hydrogen (secondary N) is 1. The van der Waals surface area contributed by atoms with Gasteiger partial charge in [-0.2, -0.15) is 13.2 Å². The summed E-state index contributed by atoms with van der Waals surface area (Å²) >= 11 is 0. The van der Waals surface area contributed by atoms with Gasteiger partial charge in [0.1, 0.15) is 5.82 Å². The monoisotopic (exact) mass is 260 g/mol. The fourth-order valence-electron chi connectivity index (χ4n) is 2.06. The van der Waals surface area contributed by atoms with E-state index in [-0.39, 0.29) is 5.56 Å². The molecule has 1 heterocycles. The molecule has 0 radical (unpaired) electrons. The minimum Gasteiger partial charge on any atom is -0.386 e. The van der Waals surface area contributed by atoms with E-state index in [2.05, 4.69) is 5.32 Å². The molecule has 0 fully saturated rings. The highest BCUT2D eigenvalue weighted by Gasteiger charge is 2.35. The fraction of sp³-hybridized carbons (Fsp3) is 0.333. The first-order valence-electron chi connectivity index (χ1n) is 5.32. The summed E-state index contributed by atoms with van der Waals surface area (Å²) < 4.78 is 51.1. The van der Waals surface area contributed by atoms with Gasteiger partial charge in [0.2, 0.25) is 0 Å². The van der Waals surface area contributed by atoms with Gasteiger partial charge in [-0.3, -0.25) is 0 Å². The normalized spacial score (nSPS) is 23.7. The summed E-state index contributed by atoms with van der Waals surface area (Å²) in [4.78, 5) is 0. The molecule has 2 nitrogen and oxygen atoms in total. The van der Waals surface area contributed by atoms with Gasteiger partial charge in [0.25, 0.3) is 0 Å². The third-order valence-corrected chi connectivity index (χ3v) is 3.05. The topological polar surface area (TPSA) is 38.0 Å². The van der Waals surface area contributed by atoms with Gasteiger partial charge >= 0.3 is 6.18 Å². The Labute approximate surface area is 101 Å². The summed E-state index contributed by atoms with van der Waals surface area (Å²) in [5, 5.41) is 2.83. The van der Waals surface area contributed by atoms with Crippen LogP contribution in [0.15, 0.2) is 30.1 Å². The van der Waals surface area contributed by atoms with Crippen LogP contribution in [-0.2, 0) is 11.6 Å². The van der Waals surface area contributed by atoms with Crippen molar-refractivity contribution >= 4 is 0 Å². The summed E-state index contributed by atoms with van der Waals surface area (Å²) in [5.74, 6) is -0.475. The van der Waals surface area contributed by atoms with Crippen LogP contribution in [0.2, 0.25) is 0 Å². The Morgan fingerprint density at radius 3 is 2.44 bits per heavy atom. The molecule has 1 aromatic rings. The summed E-state index contributed by atoms with van der Waals surface area (Å²) in [5.41, 5.74) is 4.03. The van der Waals surface area contributed by atoms with E-state index in [9.17, 15) is 17.6 Å². The van der Waals surface area contributed by atoms with Crippen molar-refractivity contribution in [1.29, 1.82) is 0 Å². The van der Waals surface area contributed by atoms with Crippen molar-refractivity contribution in [2.45, 2.75) is 18.5 Å². The summed E-state index contributed by atoms with van der Waals surface area (Å²) in [6.45, 7) is 2.08. The van der Waals surface area contributed by atoms with Crippen LogP contribution in [-0.4, -0.2) is 6.54 Å². The second-order valence-corrected chi connectivity index (χ2v) is 4.56. The van der Waals surface area contributed by atoms with Gasteiger partial charge in [0.15, 0.2) is 0 Å². The molecule has 2 rings (SSSR count). The number of rotatable bonds is 1. The second-order valence-electron chi connectivity index (χ2n) is 4.56. The standard InChI is InChI=1S/C12H12F4N2/c1-11(5-10(17)18-6-11)8-3-2-7(4-9(8)13)12(14,15)16/h2-5,18H,6,17H2,1H3/t11-/m1/s1. The van der Waals surface area contributed by atoms with Crippen LogP contribution in [0.1, 0.15) is 18.1 Å². The molecule has 6 heteroatoms. The van der Waals surface area contributed by atoms with Crippen LogP contribution >= 0.6 is 0 Å². The van der Waals surface area contributed by atoms with Crippen LogP contribution in [0.4, 0.5) is 17.6 Å². The number of halogens is 4. The minimum absolute atomic E-state index is 0.198. The highest BCUT2D eigenvalue weighted by molar-refractivity contribution is 5.38. The van der Waals surface area contributed by atoms with E-state index in [4.69, 9.17) is 5.73 Å². The van der Waals surface area contributed by atoms with Gasteiger partial charge < -0.3 is 11.1 Å². The zero-order valence-corrected chi connectivity index (χ0v) is 9.61. The van der Waals surface area contributed by atoms with Crippen molar-refractivity contribution in [2.24, 2.45) is 5.73 Å². The lowest BCUT2D eigenvalue weighted by atomic mass is 9.83. The lowest BCUT2D eigenvalue weighted by Gasteiger charge is -2.22. The summed E-state index contributed by atoms with van der Waals surface area (Å²) in [6, 6.07) is 2.56. The molecular weight excluding hydrogens is 248 g/mol. The minimum atomic E-state index is -4.54. The number of nitrogens with two attached hydrogens (primary N) is 1. The predicted octanol–water partition coefficient (Wildman–Crippen LogP) is 2.51. The third-order valence-electron chi connectivity index (χ3n) is 3.05. The molecule has 98 valence electrons. The maximum absolute atomic E-state index is 13.8. The molecule has 0 amide bonds. The summed E-state index contributed by atoms with van der Waals surface area (Å²) in [6.07, 6.45) is -2.93. The van der Waals surface area contributed by atoms with Gasteiger partial charge in [0, 0.05) is 12.0 Å². The molecule has 1 atom stereocenters. The molecule has 1 aromatic carbocycles. The van der Waals surface area contributed by atoms with E-state index in [1.165, 1.54) is 0 Å². The van der Waals surface area contributed by atoms with Crippen LogP contribution in [0.3, 0.4) is 0 Å². The van der Waals surface area contributed by atoms with Crippen molar-refractivity contribution < 1.29 is 17.6 Å². The molecule has 1 aliphatic heterocycles. The van der Waals surface area contributed by atoms with Crippen LogP contribution in [0.25, 0.3) is 0 Å². The first-order chi connectivity index (χ1) is 8.22. The second kappa shape index (κ2) is 3.90. The van der Waals surface area contributed by atoms with Gasteiger partial charge in [-0.15, -0.1) is 0 Å². The zero-order chi connectivity index (χ0) is 13.6. The van der Waals surface area contributed by atoms with Crippen molar-refractivity contribution in [3.05, 3.63) is 47.0 Å². The Bertz CT molecular complexity index is 507. The third kappa shape index (κ3) is 2.14. The molecule has 0 saturated carbocycles. The molecule has 0 saturated heterocycles. The molecule has 0 unspecified atom stereocenters. The average molecular weight is 260 g/mol. The van der Waals surface area contributed by atoms with Crippen LogP contribution in [0.5, 0.6) is 0 Å². The molecule has 1 aliphatic rings. The van der Waals surface area contributed by atoms with Crippen molar-refractivity contribution in [2.75, 3.05) is 6.54 Å². The first kappa shape index (κ1) is 12.7. The number of alkyl halides is 3. The Kier molecular flexibility index (Phi) is 2.76. The van der Waals surface area contributed by atoms with E-state index >= 15 is 0 Å². The molecular formula is C12H12F4N2. The first-order valence-corrected chi connectivity index (χ1v) is 5.32. The number of hydrogen-bond acceptors (Lipinski definition) is 2. The number of hydrogen-bond donors (Lipinski definition) is 2. The maximum atomic E-state index is 13.8. The lowest BCUT2D eigenvalue weighted by Crippen LogP contribution is -2.28. The largest absolute Gasteiger partial charge is 0.416 e. The molecule has 0 spiro atoms. The molecule has 3 N–H and O–H groups in total. The molecule has 18 heavy (non-hydrogen) atoms. The van der Waals surface area contributed by atoms with Crippen LogP contribution in [0, 0.1) is 5.82 Å². The quantitative estimate of drug-likeness (QED) is 0.761. The van der Waals surface area contributed by atoms with Crippen molar-refractivity contribution in [1.82, 2.24) is 5.32 Å². The number of benzene rings is 1. The Balaban J connectivity index is 2.43. The highest BCUT2D eigenvalue weighted by Crippen LogP contribution is 2.35. The van der Waals surface area contributed by atoms with Gasteiger partial charge in [0.05, 0.1) is 11.4 Å². The Hall–Kier alpha value is -1.72. The van der Waals surface area contributed by atoms with E-state index < -0.39 is 23.0 Å². The van der Waals surface area contributed by atoms with E-state index in [0.29, 0.717) is 18.4 Å². The van der Waals surface area contributed by atoms with E-state index in [1.54, 1.807) is 13.0 Å². The SMILES string of the molecule is C[C@@]1(c2ccc(C(F)(F)F)cc2F)C=C(N)NC1. The molecule has 0 aromatic heterocycles. The predicted molar refractivity (Wildman–Crippen MR) is 59.0 cm³/mol. The highest BCUT2D eigenvalue weighted by atomic mass is 19.4. The summed E-state index contributed by atoms with van der Waals surface area (Å²) in [7, 11) is 0. The Morgan fingerprint density at radius 1 is 1.33 bits per heavy atom. The van der Waals surface area contributed by atoms with Gasteiger partial charge in [-0.05, 0) is 23.8 Å². The van der Waals surface area contributed by atoms with Crippen LogP contribution < -0.4 is 11.1 Å². The smallest absolute Gasteiger partial charge is 0.386 e. The molecule has 0 aliphatic carbocycles. The Morgan fingerprint density at radius 2 is 2.00 bits per heavy atom. The lowest BCUT2D eigenvalue weighted by molar-refractivity contribution is -0.137. The molecule has 0 bridgehead atoms. The zero-order valence-electron chi connectivity index (χ0n) is 9.61.